The van der Waals surface area contributed by atoms with Gasteiger partial charge in [-0.25, -0.2) is 0 Å². The molecule has 0 aliphatic carbocycles. The molecule has 0 atom stereocenters. The monoisotopic (exact) mass is 219 g/mol. The lowest BCUT2D eigenvalue weighted by atomic mass is 10.2. The molecular weight excluding hydrogens is 202 g/mol. The molecule has 0 radical (unpaired) electrons. The maximum Gasteiger partial charge on any atom is 0.148 e. The minimum Gasteiger partial charge on any atom is -0.364 e. The third-order valence-electron chi connectivity index (χ3n) is 2.82. The summed E-state index contributed by atoms with van der Waals surface area (Å²) in [7, 11) is 3.87. The van der Waals surface area contributed by atoms with Crippen molar-refractivity contribution in [1.82, 2.24) is 19.6 Å². The van der Waals surface area contributed by atoms with Gasteiger partial charge in [0.15, 0.2) is 0 Å². The first-order chi connectivity index (χ1) is 7.58. The van der Waals surface area contributed by atoms with Crippen LogP contribution in [0.3, 0.4) is 0 Å². The number of hydrogen-bond acceptors (Lipinski definition) is 3. The molecule has 2 heterocycles. The number of nitrogens with zero attached hydrogens (tertiary/aromatic N) is 4. The largest absolute Gasteiger partial charge is 0.364 e. The molecule has 0 aromatic carbocycles. The molecule has 0 unspecified atom stereocenters. The van der Waals surface area contributed by atoms with Gasteiger partial charge in [-0.3, -0.25) is 9.36 Å². The predicted octanol–water partition coefficient (Wildman–Crippen LogP) is 1.38. The summed E-state index contributed by atoms with van der Waals surface area (Å²) in [5.41, 5.74) is 3.51. The number of hydrogen-bond donors (Lipinski definition) is 1. The Morgan fingerprint density at radius 3 is 2.50 bits per heavy atom. The Morgan fingerprint density at radius 2 is 2.00 bits per heavy atom. The third kappa shape index (κ3) is 1.93. The van der Waals surface area contributed by atoms with Crippen LogP contribution in [0.1, 0.15) is 17.0 Å². The van der Waals surface area contributed by atoms with Crippen molar-refractivity contribution < 1.29 is 0 Å². The number of aromatic nitrogens is 4. The molecule has 2 rings (SSSR count). The normalized spacial score (nSPS) is 10.8. The molecule has 0 bridgehead atoms. The van der Waals surface area contributed by atoms with Gasteiger partial charge in [-0.2, -0.15) is 10.2 Å². The highest BCUT2D eigenvalue weighted by molar-refractivity contribution is 5.35. The van der Waals surface area contributed by atoms with Gasteiger partial charge >= 0.3 is 0 Å². The molecule has 0 aliphatic heterocycles. The predicted molar refractivity (Wildman–Crippen MR) is 63.2 cm³/mol. The molecule has 0 fully saturated rings. The van der Waals surface area contributed by atoms with Crippen LogP contribution in [0.15, 0.2) is 12.3 Å². The van der Waals surface area contributed by atoms with E-state index in [4.69, 9.17) is 0 Å². The second-order valence-corrected chi connectivity index (χ2v) is 4.00. The topological polar surface area (TPSA) is 47.7 Å². The molecule has 2 aromatic rings. The lowest BCUT2D eigenvalue weighted by Gasteiger charge is -2.03. The van der Waals surface area contributed by atoms with Gasteiger partial charge in [-0.15, -0.1) is 0 Å². The van der Waals surface area contributed by atoms with Gasteiger partial charge in [0.1, 0.15) is 5.82 Å². The highest BCUT2D eigenvalue weighted by Gasteiger charge is 2.08. The molecule has 2 aromatic heterocycles. The fourth-order valence-corrected chi connectivity index (χ4v) is 1.76. The summed E-state index contributed by atoms with van der Waals surface area (Å²) in [4.78, 5) is 0. The van der Waals surface area contributed by atoms with E-state index < -0.39 is 0 Å². The molecule has 0 aliphatic rings. The molecule has 1 N–H and O–H groups in total. The highest BCUT2D eigenvalue weighted by atomic mass is 15.3. The van der Waals surface area contributed by atoms with E-state index in [-0.39, 0.29) is 0 Å². The average Bonchev–Trinajstić information content (AvgIpc) is 2.72. The van der Waals surface area contributed by atoms with Crippen molar-refractivity contribution in [3.8, 4) is 0 Å². The summed E-state index contributed by atoms with van der Waals surface area (Å²) in [6, 6.07) is 1.96. The van der Waals surface area contributed by atoms with Crippen molar-refractivity contribution in [3.63, 3.8) is 0 Å². The summed E-state index contributed by atoms with van der Waals surface area (Å²) in [5.74, 6) is 0.894. The molecular formula is C11H17N5. The van der Waals surface area contributed by atoms with Crippen LogP contribution in [0, 0.1) is 13.8 Å². The van der Waals surface area contributed by atoms with E-state index in [1.165, 1.54) is 11.3 Å². The molecule has 0 saturated heterocycles. The Labute approximate surface area is 95.1 Å². The second kappa shape index (κ2) is 4.00. The zero-order valence-corrected chi connectivity index (χ0v) is 10.2. The Hall–Kier alpha value is -1.78. The zero-order valence-electron chi connectivity index (χ0n) is 10.2. The molecule has 0 saturated carbocycles. The van der Waals surface area contributed by atoms with E-state index in [1.807, 2.05) is 38.0 Å². The Bertz CT molecular complexity index is 494. The Kier molecular flexibility index (Phi) is 2.68. The van der Waals surface area contributed by atoms with Crippen molar-refractivity contribution in [2.75, 3.05) is 5.32 Å². The number of anilines is 1. The minimum atomic E-state index is 0.766. The van der Waals surface area contributed by atoms with Gasteiger partial charge in [0.05, 0.1) is 5.69 Å². The summed E-state index contributed by atoms with van der Waals surface area (Å²) in [5, 5.41) is 11.9. The lowest BCUT2D eigenvalue weighted by molar-refractivity contribution is 0.730. The molecule has 5 nitrogen and oxygen atoms in total. The van der Waals surface area contributed by atoms with Crippen molar-refractivity contribution in [3.05, 3.63) is 29.2 Å². The van der Waals surface area contributed by atoms with Crippen LogP contribution in [0.2, 0.25) is 0 Å². The summed E-state index contributed by atoms with van der Waals surface area (Å²) >= 11 is 0. The van der Waals surface area contributed by atoms with Crippen LogP contribution in [0.25, 0.3) is 0 Å². The molecule has 0 amide bonds. The molecule has 0 spiro atoms. The van der Waals surface area contributed by atoms with Crippen molar-refractivity contribution in [1.29, 1.82) is 0 Å². The average molecular weight is 219 g/mol. The fraction of sp³-hybridized carbons (Fsp3) is 0.455. The number of nitrogens with one attached hydrogen (secondary N) is 1. The maximum absolute atomic E-state index is 4.38. The van der Waals surface area contributed by atoms with E-state index in [0.29, 0.717) is 0 Å². The highest BCUT2D eigenvalue weighted by Crippen LogP contribution is 2.13. The van der Waals surface area contributed by atoms with Crippen molar-refractivity contribution in [2.45, 2.75) is 20.4 Å². The maximum atomic E-state index is 4.38. The second-order valence-electron chi connectivity index (χ2n) is 4.00. The first kappa shape index (κ1) is 10.7. The summed E-state index contributed by atoms with van der Waals surface area (Å²) in [6.07, 6.45) is 1.92. The minimum absolute atomic E-state index is 0.766. The van der Waals surface area contributed by atoms with Crippen LogP contribution in [-0.2, 0) is 20.6 Å². The standard InChI is InChI=1S/C11H17N5/c1-8-10(9(2)16(4)13-8)7-12-11-5-6-15(3)14-11/h5-6H,7H2,1-4H3,(H,12,14). The SMILES string of the molecule is Cc1nn(C)c(C)c1CNc1ccn(C)n1. The smallest absolute Gasteiger partial charge is 0.148 e. The van der Waals surface area contributed by atoms with Gasteiger partial charge < -0.3 is 5.32 Å². The van der Waals surface area contributed by atoms with E-state index in [1.54, 1.807) is 4.68 Å². The third-order valence-corrected chi connectivity index (χ3v) is 2.82. The van der Waals surface area contributed by atoms with Crippen molar-refractivity contribution >= 4 is 5.82 Å². The van der Waals surface area contributed by atoms with Crippen LogP contribution in [0.4, 0.5) is 5.82 Å². The zero-order chi connectivity index (χ0) is 11.7. The number of aryl methyl sites for hydroxylation is 3. The van der Waals surface area contributed by atoms with Crippen LogP contribution in [-0.4, -0.2) is 19.6 Å². The van der Waals surface area contributed by atoms with E-state index in [9.17, 15) is 0 Å². The van der Waals surface area contributed by atoms with Crippen LogP contribution < -0.4 is 5.32 Å². The quantitative estimate of drug-likeness (QED) is 0.848. The number of rotatable bonds is 3. The lowest BCUT2D eigenvalue weighted by Crippen LogP contribution is -2.03. The van der Waals surface area contributed by atoms with Crippen molar-refractivity contribution in [2.24, 2.45) is 14.1 Å². The van der Waals surface area contributed by atoms with E-state index in [0.717, 1.165) is 18.1 Å². The van der Waals surface area contributed by atoms with Gasteiger partial charge in [0.25, 0.3) is 0 Å². The Morgan fingerprint density at radius 1 is 1.25 bits per heavy atom. The van der Waals surface area contributed by atoms with Crippen LogP contribution >= 0.6 is 0 Å². The first-order valence-electron chi connectivity index (χ1n) is 5.30. The molecule has 86 valence electrons. The molecule has 16 heavy (non-hydrogen) atoms. The molecule has 5 heteroatoms. The van der Waals surface area contributed by atoms with E-state index >= 15 is 0 Å². The van der Waals surface area contributed by atoms with Gasteiger partial charge in [-0.05, 0) is 13.8 Å². The van der Waals surface area contributed by atoms with Crippen LogP contribution in [0.5, 0.6) is 0 Å². The Balaban J connectivity index is 2.10. The first-order valence-corrected chi connectivity index (χ1v) is 5.30. The van der Waals surface area contributed by atoms with Gasteiger partial charge in [0, 0.05) is 44.2 Å². The fourth-order valence-electron chi connectivity index (χ4n) is 1.76. The summed E-state index contributed by atoms with van der Waals surface area (Å²) in [6.45, 7) is 4.88. The summed E-state index contributed by atoms with van der Waals surface area (Å²) < 4.78 is 3.69. The van der Waals surface area contributed by atoms with Gasteiger partial charge in [0.2, 0.25) is 0 Å². The van der Waals surface area contributed by atoms with E-state index in [2.05, 4.69) is 22.4 Å². The van der Waals surface area contributed by atoms with Gasteiger partial charge in [-0.1, -0.05) is 0 Å².